The summed E-state index contributed by atoms with van der Waals surface area (Å²) in [6, 6.07) is 3.74. The standard InChI is InChI=1S/C13H21NO3/c1-4-12(13(15)16-5-2)14-10(3)9-11-7-6-8-17-11/h6-8,10,12,14H,4-5,9H2,1-3H3. The van der Waals surface area contributed by atoms with Crippen molar-refractivity contribution in [2.45, 2.75) is 45.7 Å². The van der Waals surface area contributed by atoms with Gasteiger partial charge in [-0.15, -0.1) is 0 Å². The average Bonchev–Trinajstić information content (AvgIpc) is 2.78. The van der Waals surface area contributed by atoms with Gasteiger partial charge in [0, 0.05) is 12.5 Å². The first-order valence-electron chi connectivity index (χ1n) is 6.12. The summed E-state index contributed by atoms with van der Waals surface area (Å²) < 4.78 is 10.3. The highest BCUT2D eigenvalue weighted by atomic mass is 16.5. The fourth-order valence-electron chi connectivity index (χ4n) is 1.73. The lowest BCUT2D eigenvalue weighted by Gasteiger charge is -2.20. The molecule has 0 bridgehead atoms. The van der Waals surface area contributed by atoms with Crippen molar-refractivity contribution < 1.29 is 13.9 Å². The minimum atomic E-state index is -0.236. The van der Waals surface area contributed by atoms with Crippen molar-refractivity contribution in [1.82, 2.24) is 5.32 Å². The number of nitrogens with one attached hydrogen (secondary N) is 1. The molecule has 0 spiro atoms. The van der Waals surface area contributed by atoms with Crippen LogP contribution in [0, 0.1) is 0 Å². The Morgan fingerprint density at radius 2 is 2.29 bits per heavy atom. The summed E-state index contributed by atoms with van der Waals surface area (Å²) in [6.45, 7) is 6.24. The minimum absolute atomic E-state index is 0.176. The lowest BCUT2D eigenvalue weighted by molar-refractivity contribution is -0.145. The van der Waals surface area contributed by atoms with Crippen LogP contribution >= 0.6 is 0 Å². The zero-order chi connectivity index (χ0) is 12.7. The van der Waals surface area contributed by atoms with Crippen LogP contribution in [0.15, 0.2) is 22.8 Å². The van der Waals surface area contributed by atoms with Crippen molar-refractivity contribution in [3.8, 4) is 0 Å². The van der Waals surface area contributed by atoms with Gasteiger partial charge in [0.15, 0.2) is 0 Å². The second-order valence-corrected chi connectivity index (χ2v) is 4.06. The van der Waals surface area contributed by atoms with Gasteiger partial charge in [0.2, 0.25) is 0 Å². The van der Waals surface area contributed by atoms with E-state index in [1.54, 1.807) is 6.26 Å². The van der Waals surface area contributed by atoms with Crippen LogP contribution in [0.4, 0.5) is 0 Å². The Morgan fingerprint density at radius 3 is 2.82 bits per heavy atom. The Labute approximate surface area is 102 Å². The molecule has 96 valence electrons. The normalized spacial score (nSPS) is 14.3. The summed E-state index contributed by atoms with van der Waals surface area (Å²) >= 11 is 0. The van der Waals surface area contributed by atoms with Crippen LogP contribution in [0.1, 0.15) is 33.0 Å². The van der Waals surface area contributed by atoms with Crippen molar-refractivity contribution in [1.29, 1.82) is 0 Å². The number of furan rings is 1. The molecule has 1 aromatic heterocycles. The summed E-state index contributed by atoms with van der Waals surface area (Å²) in [5, 5.41) is 3.25. The van der Waals surface area contributed by atoms with Crippen molar-refractivity contribution in [2.75, 3.05) is 6.61 Å². The number of esters is 1. The highest BCUT2D eigenvalue weighted by Gasteiger charge is 2.19. The number of rotatable bonds is 7. The van der Waals surface area contributed by atoms with E-state index in [9.17, 15) is 4.79 Å². The molecule has 4 nitrogen and oxygen atoms in total. The predicted molar refractivity (Wildman–Crippen MR) is 65.7 cm³/mol. The topological polar surface area (TPSA) is 51.5 Å². The van der Waals surface area contributed by atoms with Crippen LogP contribution in [0.5, 0.6) is 0 Å². The summed E-state index contributed by atoms with van der Waals surface area (Å²) in [7, 11) is 0. The van der Waals surface area contributed by atoms with Crippen molar-refractivity contribution in [2.24, 2.45) is 0 Å². The smallest absolute Gasteiger partial charge is 0.323 e. The average molecular weight is 239 g/mol. The Balaban J connectivity index is 2.42. The molecule has 2 atom stereocenters. The molecule has 0 radical (unpaired) electrons. The second kappa shape index (κ2) is 7.12. The molecule has 4 heteroatoms. The number of carbonyl (C=O) groups is 1. The predicted octanol–water partition coefficient (Wildman–Crippen LogP) is 2.14. The third-order valence-electron chi connectivity index (χ3n) is 2.55. The molecule has 2 unspecified atom stereocenters. The summed E-state index contributed by atoms with van der Waals surface area (Å²) in [5.74, 6) is 0.741. The fraction of sp³-hybridized carbons (Fsp3) is 0.615. The SMILES string of the molecule is CCOC(=O)C(CC)NC(C)Cc1ccco1. The van der Waals surface area contributed by atoms with E-state index >= 15 is 0 Å². The van der Waals surface area contributed by atoms with Crippen LogP contribution in [0.25, 0.3) is 0 Å². The number of hydrogen-bond donors (Lipinski definition) is 1. The molecule has 0 saturated carbocycles. The Kier molecular flexibility index (Phi) is 5.77. The van der Waals surface area contributed by atoms with Gasteiger partial charge in [0.25, 0.3) is 0 Å². The lowest BCUT2D eigenvalue weighted by Crippen LogP contribution is -2.43. The maximum atomic E-state index is 11.6. The molecule has 1 rings (SSSR count). The van der Waals surface area contributed by atoms with Crippen molar-refractivity contribution in [3.05, 3.63) is 24.2 Å². The first kappa shape index (κ1) is 13.8. The Morgan fingerprint density at radius 1 is 1.53 bits per heavy atom. The zero-order valence-electron chi connectivity index (χ0n) is 10.7. The highest BCUT2D eigenvalue weighted by molar-refractivity contribution is 5.75. The van der Waals surface area contributed by atoms with E-state index in [1.165, 1.54) is 0 Å². The maximum Gasteiger partial charge on any atom is 0.323 e. The van der Waals surface area contributed by atoms with Gasteiger partial charge in [-0.25, -0.2) is 0 Å². The van der Waals surface area contributed by atoms with E-state index in [0.717, 1.165) is 18.6 Å². The Hall–Kier alpha value is -1.29. The van der Waals surface area contributed by atoms with Gasteiger partial charge >= 0.3 is 5.97 Å². The van der Waals surface area contributed by atoms with E-state index in [1.807, 2.05) is 32.9 Å². The molecule has 0 saturated heterocycles. The summed E-state index contributed by atoms with van der Waals surface area (Å²) in [5.41, 5.74) is 0. The molecule has 0 fully saturated rings. The van der Waals surface area contributed by atoms with Gasteiger partial charge in [0.1, 0.15) is 11.8 Å². The fourth-order valence-corrected chi connectivity index (χ4v) is 1.73. The van der Waals surface area contributed by atoms with Crippen LogP contribution in [-0.4, -0.2) is 24.7 Å². The van der Waals surface area contributed by atoms with Gasteiger partial charge in [-0.05, 0) is 32.4 Å². The summed E-state index contributed by atoms with van der Waals surface area (Å²) in [6.07, 6.45) is 3.15. The highest BCUT2D eigenvalue weighted by Crippen LogP contribution is 2.06. The second-order valence-electron chi connectivity index (χ2n) is 4.06. The van der Waals surface area contributed by atoms with E-state index in [4.69, 9.17) is 9.15 Å². The molecule has 0 aliphatic carbocycles. The van der Waals surface area contributed by atoms with E-state index in [-0.39, 0.29) is 18.1 Å². The molecule has 0 aromatic carbocycles. The van der Waals surface area contributed by atoms with E-state index in [0.29, 0.717) is 6.61 Å². The summed E-state index contributed by atoms with van der Waals surface area (Å²) in [4.78, 5) is 11.6. The van der Waals surface area contributed by atoms with Gasteiger partial charge in [0.05, 0.1) is 12.9 Å². The molecular formula is C13H21NO3. The van der Waals surface area contributed by atoms with Crippen molar-refractivity contribution >= 4 is 5.97 Å². The molecule has 0 aliphatic heterocycles. The Bertz CT molecular complexity index is 321. The van der Waals surface area contributed by atoms with Gasteiger partial charge in [-0.3, -0.25) is 4.79 Å². The van der Waals surface area contributed by atoms with Crippen LogP contribution in [0.3, 0.4) is 0 Å². The van der Waals surface area contributed by atoms with Crippen LogP contribution in [-0.2, 0) is 16.0 Å². The molecule has 1 heterocycles. The van der Waals surface area contributed by atoms with Gasteiger partial charge in [-0.2, -0.15) is 0 Å². The van der Waals surface area contributed by atoms with Crippen molar-refractivity contribution in [3.63, 3.8) is 0 Å². The lowest BCUT2D eigenvalue weighted by atomic mass is 10.1. The molecule has 0 aliphatic rings. The molecular weight excluding hydrogens is 218 g/mol. The molecule has 0 amide bonds. The van der Waals surface area contributed by atoms with Gasteiger partial charge in [-0.1, -0.05) is 6.92 Å². The zero-order valence-corrected chi connectivity index (χ0v) is 10.7. The first-order chi connectivity index (χ1) is 8.17. The number of carbonyl (C=O) groups excluding carboxylic acids is 1. The van der Waals surface area contributed by atoms with E-state index < -0.39 is 0 Å². The van der Waals surface area contributed by atoms with E-state index in [2.05, 4.69) is 5.32 Å². The molecule has 1 aromatic rings. The van der Waals surface area contributed by atoms with Gasteiger partial charge < -0.3 is 14.5 Å². The largest absolute Gasteiger partial charge is 0.469 e. The third kappa shape index (κ3) is 4.61. The number of ether oxygens (including phenoxy) is 1. The maximum absolute atomic E-state index is 11.6. The molecule has 1 N–H and O–H groups in total. The first-order valence-corrected chi connectivity index (χ1v) is 6.12. The number of hydrogen-bond acceptors (Lipinski definition) is 4. The van der Waals surface area contributed by atoms with Crippen LogP contribution < -0.4 is 5.32 Å². The monoisotopic (exact) mass is 239 g/mol. The molecule has 17 heavy (non-hydrogen) atoms. The van der Waals surface area contributed by atoms with Crippen LogP contribution in [0.2, 0.25) is 0 Å². The third-order valence-corrected chi connectivity index (χ3v) is 2.55. The minimum Gasteiger partial charge on any atom is -0.469 e. The quantitative estimate of drug-likeness (QED) is 0.741.